The van der Waals surface area contributed by atoms with Crippen LogP contribution in [0.3, 0.4) is 0 Å². The summed E-state index contributed by atoms with van der Waals surface area (Å²) in [5.41, 5.74) is 3.74. The molecule has 2 N–H and O–H groups in total. The van der Waals surface area contributed by atoms with E-state index in [1.807, 2.05) is 0 Å². The first-order valence-corrected chi connectivity index (χ1v) is 10.3. The number of benzene rings is 1. The molecule has 2 aromatic rings. The first-order valence-electron chi connectivity index (χ1n) is 10.3. The average molecular weight is 413 g/mol. The van der Waals surface area contributed by atoms with Crippen molar-refractivity contribution in [1.29, 1.82) is 0 Å². The molecule has 30 heavy (non-hydrogen) atoms. The monoisotopic (exact) mass is 413 g/mol. The molecule has 1 atom stereocenters. The first kappa shape index (κ1) is 20.4. The number of aryl methyl sites for hydroxylation is 1. The predicted molar refractivity (Wildman–Crippen MR) is 111 cm³/mol. The zero-order valence-corrected chi connectivity index (χ0v) is 17.1. The smallest absolute Gasteiger partial charge is 0.314 e. The van der Waals surface area contributed by atoms with Gasteiger partial charge in [0.15, 0.2) is 5.82 Å². The maximum atomic E-state index is 12.3. The fraction of sp³-hybridized carbons (Fsp3) is 0.476. The summed E-state index contributed by atoms with van der Waals surface area (Å²) in [6, 6.07) is 7.98. The largest absolute Gasteiger partial charge is 0.379 e. The summed E-state index contributed by atoms with van der Waals surface area (Å²) >= 11 is 0. The van der Waals surface area contributed by atoms with Gasteiger partial charge in [0.1, 0.15) is 6.26 Å². The standard InChI is InChI=1S/C21H27N5O4/c1-25-7-2-3-15-13-16(4-5-17(15)25)18(26-8-11-29-12-9-26)14-22-20(27)21(28)23-19-6-10-30-24-19/h4-6,10,13,18H,2-3,7-9,11-12,14H2,1H3,(H,22,27)(H,23,24,28)/t18-/m0/s1. The summed E-state index contributed by atoms with van der Waals surface area (Å²) in [7, 11) is 2.12. The van der Waals surface area contributed by atoms with Crippen LogP contribution in [0.5, 0.6) is 0 Å². The Morgan fingerprint density at radius 3 is 2.77 bits per heavy atom. The highest BCUT2D eigenvalue weighted by Gasteiger charge is 2.26. The fourth-order valence-corrected chi connectivity index (χ4v) is 4.08. The molecule has 9 nitrogen and oxygen atoms in total. The minimum atomic E-state index is -0.767. The van der Waals surface area contributed by atoms with E-state index in [1.54, 1.807) is 0 Å². The Balaban J connectivity index is 1.47. The van der Waals surface area contributed by atoms with Gasteiger partial charge < -0.3 is 19.5 Å². The van der Waals surface area contributed by atoms with Crippen LogP contribution in [0, 0.1) is 0 Å². The third-order valence-corrected chi connectivity index (χ3v) is 5.67. The molecule has 0 unspecified atom stereocenters. The number of nitrogens with one attached hydrogen (secondary N) is 2. The van der Waals surface area contributed by atoms with Crippen molar-refractivity contribution in [3.8, 4) is 0 Å². The molecular weight excluding hydrogens is 386 g/mol. The van der Waals surface area contributed by atoms with Crippen LogP contribution in [-0.2, 0) is 20.7 Å². The van der Waals surface area contributed by atoms with Gasteiger partial charge in [-0.25, -0.2) is 0 Å². The van der Waals surface area contributed by atoms with E-state index in [2.05, 4.69) is 55.4 Å². The van der Waals surface area contributed by atoms with E-state index in [4.69, 9.17) is 4.74 Å². The average Bonchev–Trinajstić information content (AvgIpc) is 3.27. The minimum Gasteiger partial charge on any atom is -0.379 e. The highest BCUT2D eigenvalue weighted by Crippen LogP contribution is 2.30. The van der Waals surface area contributed by atoms with Gasteiger partial charge in [-0.05, 0) is 30.0 Å². The van der Waals surface area contributed by atoms with Crippen molar-refractivity contribution in [3.05, 3.63) is 41.7 Å². The second kappa shape index (κ2) is 9.27. The van der Waals surface area contributed by atoms with Gasteiger partial charge in [0.2, 0.25) is 0 Å². The molecule has 9 heteroatoms. The summed E-state index contributed by atoms with van der Waals surface area (Å²) in [5.74, 6) is -1.26. The maximum Gasteiger partial charge on any atom is 0.314 e. The molecule has 1 aromatic heterocycles. The van der Waals surface area contributed by atoms with Gasteiger partial charge in [-0.3, -0.25) is 19.8 Å². The lowest BCUT2D eigenvalue weighted by atomic mass is 9.95. The molecule has 0 aliphatic carbocycles. The Morgan fingerprint density at radius 1 is 1.17 bits per heavy atom. The number of hydrogen-bond acceptors (Lipinski definition) is 7. The van der Waals surface area contributed by atoms with Crippen molar-refractivity contribution in [2.75, 3.05) is 56.7 Å². The van der Waals surface area contributed by atoms with E-state index < -0.39 is 11.8 Å². The number of rotatable bonds is 5. The zero-order valence-electron chi connectivity index (χ0n) is 17.1. The molecule has 0 spiro atoms. The van der Waals surface area contributed by atoms with Gasteiger partial charge in [-0.2, -0.15) is 0 Å². The Kier molecular flexibility index (Phi) is 6.29. The molecule has 2 amide bonds. The van der Waals surface area contributed by atoms with Gasteiger partial charge in [0.05, 0.1) is 19.3 Å². The number of aromatic nitrogens is 1. The van der Waals surface area contributed by atoms with Crippen molar-refractivity contribution in [1.82, 2.24) is 15.4 Å². The highest BCUT2D eigenvalue weighted by molar-refractivity contribution is 6.39. The highest BCUT2D eigenvalue weighted by atomic mass is 16.5. The third kappa shape index (κ3) is 4.63. The Morgan fingerprint density at radius 2 is 2.00 bits per heavy atom. The quantitative estimate of drug-likeness (QED) is 0.710. The van der Waals surface area contributed by atoms with Crippen molar-refractivity contribution < 1.29 is 18.8 Å². The minimum absolute atomic E-state index is 0.0322. The molecule has 1 aromatic carbocycles. The topological polar surface area (TPSA) is 99.9 Å². The van der Waals surface area contributed by atoms with E-state index in [-0.39, 0.29) is 11.9 Å². The first-order chi connectivity index (χ1) is 14.6. The molecule has 0 saturated carbocycles. The molecule has 1 saturated heterocycles. The lowest BCUT2D eigenvalue weighted by molar-refractivity contribution is -0.136. The molecule has 4 rings (SSSR count). The fourth-order valence-electron chi connectivity index (χ4n) is 4.08. The molecule has 3 heterocycles. The van der Waals surface area contributed by atoms with Crippen molar-refractivity contribution in [2.24, 2.45) is 0 Å². The number of carbonyl (C=O) groups excluding carboxylic acids is 2. The second-order valence-corrected chi connectivity index (χ2v) is 7.63. The summed E-state index contributed by atoms with van der Waals surface area (Å²) in [5, 5.41) is 8.78. The number of fused-ring (bicyclic) bond motifs is 1. The number of ether oxygens (including phenoxy) is 1. The zero-order chi connectivity index (χ0) is 20.9. The number of amides is 2. The van der Waals surface area contributed by atoms with E-state index in [1.165, 1.54) is 23.6 Å². The molecular formula is C21H27N5O4. The van der Waals surface area contributed by atoms with Gasteiger partial charge in [0.25, 0.3) is 0 Å². The molecule has 2 aliphatic heterocycles. The molecule has 0 bridgehead atoms. The third-order valence-electron chi connectivity index (χ3n) is 5.67. The normalized spacial score (nSPS) is 17.8. The number of nitrogens with zero attached hydrogens (tertiary/aromatic N) is 3. The van der Waals surface area contributed by atoms with E-state index in [0.29, 0.717) is 19.8 Å². The van der Waals surface area contributed by atoms with Crippen LogP contribution < -0.4 is 15.5 Å². The molecule has 0 radical (unpaired) electrons. The van der Waals surface area contributed by atoms with Crippen LogP contribution in [0.1, 0.15) is 23.6 Å². The van der Waals surface area contributed by atoms with Crippen molar-refractivity contribution >= 4 is 23.3 Å². The summed E-state index contributed by atoms with van der Waals surface area (Å²) in [6.45, 7) is 4.27. The predicted octanol–water partition coefficient (Wildman–Crippen LogP) is 1.19. The Bertz CT molecular complexity index is 880. The summed E-state index contributed by atoms with van der Waals surface area (Å²) in [6.07, 6.45) is 3.51. The number of morpholine rings is 1. The number of carbonyl (C=O) groups is 2. The molecule has 160 valence electrons. The van der Waals surface area contributed by atoms with Gasteiger partial charge in [-0.15, -0.1) is 0 Å². The number of hydrogen-bond donors (Lipinski definition) is 2. The Hall–Kier alpha value is -2.91. The van der Waals surface area contributed by atoms with Crippen molar-refractivity contribution in [3.63, 3.8) is 0 Å². The second-order valence-electron chi connectivity index (χ2n) is 7.63. The SMILES string of the molecule is CN1CCCc2cc([C@H](CNC(=O)C(=O)Nc3ccon3)N3CCOCC3)ccc21. The van der Waals surface area contributed by atoms with Gasteiger partial charge >= 0.3 is 11.8 Å². The number of anilines is 2. The lowest BCUT2D eigenvalue weighted by Crippen LogP contribution is -2.45. The van der Waals surface area contributed by atoms with E-state index in [0.717, 1.165) is 38.0 Å². The van der Waals surface area contributed by atoms with Crippen LogP contribution in [0.2, 0.25) is 0 Å². The lowest BCUT2D eigenvalue weighted by Gasteiger charge is -2.36. The van der Waals surface area contributed by atoms with Crippen LogP contribution in [0.4, 0.5) is 11.5 Å². The molecule has 2 aliphatic rings. The van der Waals surface area contributed by atoms with Crippen LogP contribution >= 0.6 is 0 Å². The maximum absolute atomic E-state index is 12.3. The Labute approximate surface area is 175 Å². The van der Waals surface area contributed by atoms with Crippen molar-refractivity contribution in [2.45, 2.75) is 18.9 Å². The summed E-state index contributed by atoms with van der Waals surface area (Å²) in [4.78, 5) is 29.0. The van der Waals surface area contributed by atoms with E-state index in [9.17, 15) is 9.59 Å². The molecule has 1 fully saturated rings. The summed E-state index contributed by atoms with van der Waals surface area (Å²) < 4.78 is 10.2. The van der Waals surface area contributed by atoms with Crippen LogP contribution in [-0.4, -0.2) is 68.3 Å². The van der Waals surface area contributed by atoms with Gasteiger partial charge in [0, 0.05) is 45.0 Å². The van der Waals surface area contributed by atoms with E-state index >= 15 is 0 Å². The van der Waals surface area contributed by atoms with Crippen LogP contribution in [0.25, 0.3) is 0 Å². The van der Waals surface area contributed by atoms with Crippen LogP contribution in [0.15, 0.2) is 35.1 Å². The van der Waals surface area contributed by atoms with Gasteiger partial charge in [-0.1, -0.05) is 17.3 Å².